The van der Waals surface area contributed by atoms with Crippen LogP contribution in [0.1, 0.15) is 13.3 Å². The number of hydrogen-bond donors (Lipinski definition) is 0. The van der Waals surface area contributed by atoms with Gasteiger partial charge in [-0.05, 0) is 6.08 Å². The van der Waals surface area contributed by atoms with Crippen LogP contribution in [0.4, 0.5) is 0 Å². The summed E-state index contributed by atoms with van der Waals surface area (Å²) >= 11 is 0. The van der Waals surface area contributed by atoms with Gasteiger partial charge in [0.2, 0.25) is 0 Å². The van der Waals surface area contributed by atoms with Crippen molar-refractivity contribution in [1.29, 1.82) is 0 Å². The Morgan fingerprint density at radius 2 is 2.58 bits per heavy atom. The van der Waals surface area contributed by atoms with Crippen LogP contribution < -0.4 is 0 Å². The van der Waals surface area contributed by atoms with E-state index in [0.717, 1.165) is 0 Å². The third-order valence-electron chi connectivity index (χ3n) is 1.37. The molecule has 12 heavy (non-hydrogen) atoms. The van der Waals surface area contributed by atoms with Crippen LogP contribution in [0.25, 0.3) is 0 Å². The zero-order valence-electron chi connectivity index (χ0n) is 6.78. The molecule has 1 unspecified atom stereocenters. The van der Waals surface area contributed by atoms with Crippen molar-refractivity contribution in [2.75, 3.05) is 6.61 Å². The highest BCUT2D eigenvalue weighted by Crippen LogP contribution is 2.06. The molecule has 0 spiro atoms. The first-order valence-corrected chi connectivity index (χ1v) is 3.68. The fourth-order valence-electron chi connectivity index (χ4n) is 0.861. The molecule has 0 fully saturated rings. The molecule has 0 bridgehead atoms. The summed E-state index contributed by atoms with van der Waals surface area (Å²) in [5, 5.41) is 0. The fraction of sp³-hybridized carbons (Fsp3) is 0.500. The van der Waals surface area contributed by atoms with E-state index in [1.165, 1.54) is 6.92 Å². The second-order valence-electron chi connectivity index (χ2n) is 2.46. The van der Waals surface area contributed by atoms with Crippen molar-refractivity contribution < 1.29 is 19.1 Å². The van der Waals surface area contributed by atoms with Gasteiger partial charge in [0.15, 0.2) is 6.10 Å². The average molecular weight is 170 g/mol. The zero-order chi connectivity index (χ0) is 8.97. The van der Waals surface area contributed by atoms with Crippen molar-refractivity contribution in [3.8, 4) is 0 Å². The van der Waals surface area contributed by atoms with Gasteiger partial charge in [-0.1, -0.05) is 6.08 Å². The van der Waals surface area contributed by atoms with Gasteiger partial charge in [0, 0.05) is 6.92 Å². The summed E-state index contributed by atoms with van der Waals surface area (Å²) in [6.45, 7) is 1.42. The number of ether oxygens (including phenoxy) is 2. The smallest absolute Gasteiger partial charge is 0.310 e. The van der Waals surface area contributed by atoms with Crippen LogP contribution in [-0.2, 0) is 19.1 Å². The van der Waals surface area contributed by atoms with Crippen LogP contribution in [0.2, 0.25) is 0 Å². The van der Waals surface area contributed by atoms with Crippen molar-refractivity contribution in [2.45, 2.75) is 19.4 Å². The Labute approximate surface area is 70.1 Å². The third-order valence-corrected chi connectivity index (χ3v) is 1.37. The highest BCUT2D eigenvalue weighted by atomic mass is 16.6. The Balaban J connectivity index is 2.32. The third kappa shape index (κ3) is 2.74. The fourth-order valence-corrected chi connectivity index (χ4v) is 0.861. The van der Waals surface area contributed by atoms with Gasteiger partial charge >= 0.3 is 11.9 Å². The first-order valence-electron chi connectivity index (χ1n) is 3.68. The van der Waals surface area contributed by atoms with E-state index in [1.807, 2.05) is 0 Å². The molecular formula is C8H10O4. The van der Waals surface area contributed by atoms with Gasteiger partial charge in [0.05, 0.1) is 6.42 Å². The van der Waals surface area contributed by atoms with Gasteiger partial charge in [-0.3, -0.25) is 9.59 Å². The second kappa shape index (κ2) is 3.90. The summed E-state index contributed by atoms with van der Waals surface area (Å²) in [4.78, 5) is 21.1. The SMILES string of the molecule is CC(=O)OCC1C=CCC(=O)O1. The lowest BCUT2D eigenvalue weighted by molar-refractivity contribution is -0.155. The summed E-state index contributed by atoms with van der Waals surface area (Å²) in [5.74, 6) is -0.653. The standard InChI is InChI=1S/C8H10O4/c1-6(9)11-5-7-3-2-4-8(10)12-7/h2-3,7H,4-5H2,1H3. The van der Waals surface area contributed by atoms with Crippen molar-refractivity contribution in [2.24, 2.45) is 0 Å². The normalized spacial score (nSPS) is 21.8. The maximum atomic E-state index is 10.7. The molecule has 0 N–H and O–H groups in total. The lowest BCUT2D eigenvalue weighted by Gasteiger charge is -2.16. The van der Waals surface area contributed by atoms with Gasteiger partial charge < -0.3 is 9.47 Å². The van der Waals surface area contributed by atoms with Gasteiger partial charge in [-0.15, -0.1) is 0 Å². The molecule has 0 amide bonds. The molecule has 1 rings (SSSR count). The molecule has 0 aromatic rings. The Bertz CT molecular complexity index is 219. The number of esters is 2. The van der Waals surface area contributed by atoms with Crippen molar-refractivity contribution in [3.05, 3.63) is 12.2 Å². The molecule has 0 radical (unpaired) electrons. The summed E-state index contributed by atoms with van der Waals surface area (Å²) < 4.78 is 9.50. The molecule has 1 aliphatic rings. The summed E-state index contributed by atoms with van der Waals surface area (Å²) in [7, 11) is 0. The predicted octanol–water partition coefficient (Wildman–Crippen LogP) is 0.421. The van der Waals surface area contributed by atoms with E-state index >= 15 is 0 Å². The van der Waals surface area contributed by atoms with Crippen LogP contribution >= 0.6 is 0 Å². The number of cyclic esters (lactones) is 1. The predicted molar refractivity (Wildman–Crippen MR) is 40.3 cm³/mol. The minimum atomic E-state index is -0.407. The molecule has 0 saturated heterocycles. The van der Waals surface area contributed by atoms with Gasteiger partial charge in [-0.2, -0.15) is 0 Å². The maximum Gasteiger partial charge on any atom is 0.310 e. The van der Waals surface area contributed by atoms with Gasteiger partial charge in [-0.25, -0.2) is 0 Å². The maximum absolute atomic E-state index is 10.7. The summed E-state index contributed by atoms with van der Waals surface area (Å²) in [6.07, 6.45) is 3.32. The molecule has 4 heteroatoms. The number of carbonyl (C=O) groups is 2. The van der Waals surface area contributed by atoms with E-state index in [9.17, 15) is 9.59 Å². The molecule has 0 aromatic carbocycles. The van der Waals surface area contributed by atoms with E-state index in [0.29, 0.717) is 6.42 Å². The molecule has 0 saturated carbocycles. The first-order chi connectivity index (χ1) is 5.68. The first kappa shape index (κ1) is 8.77. The molecule has 0 aromatic heterocycles. The Kier molecular flexibility index (Phi) is 2.85. The molecule has 1 aliphatic heterocycles. The van der Waals surface area contributed by atoms with E-state index < -0.39 is 6.10 Å². The Morgan fingerprint density at radius 1 is 1.83 bits per heavy atom. The summed E-state index contributed by atoms with van der Waals surface area (Å²) in [6, 6.07) is 0. The number of rotatable bonds is 2. The highest BCUT2D eigenvalue weighted by Gasteiger charge is 2.15. The van der Waals surface area contributed by atoms with E-state index in [-0.39, 0.29) is 18.5 Å². The highest BCUT2D eigenvalue weighted by molar-refractivity contribution is 5.72. The zero-order valence-corrected chi connectivity index (χ0v) is 6.78. The monoisotopic (exact) mass is 170 g/mol. The quantitative estimate of drug-likeness (QED) is 0.445. The van der Waals surface area contributed by atoms with E-state index in [2.05, 4.69) is 4.74 Å². The van der Waals surface area contributed by atoms with Crippen LogP contribution in [0, 0.1) is 0 Å². The molecule has 66 valence electrons. The molecule has 0 aliphatic carbocycles. The van der Waals surface area contributed by atoms with E-state index in [1.54, 1.807) is 12.2 Å². The van der Waals surface area contributed by atoms with Crippen LogP contribution in [0.5, 0.6) is 0 Å². The molecule has 4 nitrogen and oxygen atoms in total. The van der Waals surface area contributed by atoms with Gasteiger partial charge in [0.1, 0.15) is 6.61 Å². The topological polar surface area (TPSA) is 52.6 Å². The molecule has 1 heterocycles. The second-order valence-corrected chi connectivity index (χ2v) is 2.46. The Morgan fingerprint density at radius 3 is 3.17 bits per heavy atom. The lowest BCUT2D eigenvalue weighted by atomic mass is 10.2. The Hall–Kier alpha value is -1.32. The van der Waals surface area contributed by atoms with Gasteiger partial charge in [0.25, 0.3) is 0 Å². The van der Waals surface area contributed by atoms with Crippen LogP contribution in [-0.4, -0.2) is 24.6 Å². The van der Waals surface area contributed by atoms with Crippen molar-refractivity contribution in [3.63, 3.8) is 0 Å². The number of hydrogen-bond acceptors (Lipinski definition) is 4. The van der Waals surface area contributed by atoms with Crippen LogP contribution in [0.3, 0.4) is 0 Å². The number of carbonyl (C=O) groups excluding carboxylic acids is 2. The average Bonchev–Trinajstić information content (AvgIpc) is 2.01. The van der Waals surface area contributed by atoms with E-state index in [4.69, 9.17) is 4.74 Å². The lowest BCUT2D eigenvalue weighted by Crippen LogP contribution is -2.25. The molecule has 1 atom stereocenters. The minimum Gasteiger partial charge on any atom is -0.462 e. The minimum absolute atomic E-state index is 0.109. The largest absolute Gasteiger partial charge is 0.462 e. The van der Waals surface area contributed by atoms with Crippen LogP contribution in [0.15, 0.2) is 12.2 Å². The summed E-state index contributed by atoms with van der Waals surface area (Å²) in [5.41, 5.74) is 0. The molecular weight excluding hydrogens is 160 g/mol. The van der Waals surface area contributed by atoms with Crippen molar-refractivity contribution in [1.82, 2.24) is 0 Å². The van der Waals surface area contributed by atoms with Crippen molar-refractivity contribution >= 4 is 11.9 Å².